The molecule has 8 heteroatoms. The Balaban J connectivity index is 2.88. The van der Waals surface area contributed by atoms with Crippen molar-refractivity contribution in [3.63, 3.8) is 0 Å². The lowest BCUT2D eigenvalue weighted by atomic mass is 9.86. The summed E-state index contributed by atoms with van der Waals surface area (Å²) in [6, 6.07) is 1.28. The topological polar surface area (TPSA) is 125 Å². The van der Waals surface area contributed by atoms with Crippen molar-refractivity contribution in [3.05, 3.63) is 27.9 Å². The van der Waals surface area contributed by atoms with Crippen molar-refractivity contribution in [2.75, 3.05) is 0 Å². The highest BCUT2D eigenvalue weighted by Crippen LogP contribution is 2.20. The van der Waals surface area contributed by atoms with Gasteiger partial charge in [-0.3, -0.25) is 4.79 Å². The van der Waals surface area contributed by atoms with Crippen molar-refractivity contribution in [2.24, 2.45) is 5.41 Å². The van der Waals surface area contributed by atoms with Gasteiger partial charge in [-0.05, 0) is 16.4 Å². The molecule has 0 aromatic carbocycles. The molecule has 1 atom stereocenters. The van der Waals surface area contributed by atoms with Crippen LogP contribution in [0, 0.1) is 15.5 Å². The first-order valence-corrected chi connectivity index (χ1v) is 5.50. The number of hydrogen-bond donors (Lipinski definition) is 3. The number of aromatic nitrogens is 1. The highest BCUT2D eigenvalue weighted by atomic mass is 16.6. The number of amides is 1. The lowest BCUT2D eigenvalue weighted by molar-refractivity contribution is -0.389. The fraction of sp³-hybridized carbons (Fsp3) is 0.455. The highest BCUT2D eigenvalue weighted by molar-refractivity contribution is 5.95. The van der Waals surface area contributed by atoms with Crippen LogP contribution in [0.2, 0.25) is 0 Å². The Morgan fingerprint density at radius 3 is 2.37 bits per heavy atom. The van der Waals surface area contributed by atoms with Gasteiger partial charge < -0.3 is 20.5 Å². The Morgan fingerprint density at radius 1 is 1.42 bits per heavy atom. The maximum Gasteiger partial charge on any atom is 0.326 e. The first-order chi connectivity index (χ1) is 8.62. The van der Waals surface area contributed by atoms with Gasteiger partial charge in [0.15, 0.2) is 5.69 Å². The van der Waals surface area contributed by atoms with Gasteiger partial charge in [-0.2, -0.15) is 0 Å². The predicted octanol–water partition coefficient (Wildman–Crippen LogP) is 1.15. The number of H-pyrrole nitrogens is 1. The van der Waals surface area contributed by atoms with Crippen molar-refractivity contribution < 1.29 is 19.6 Å². The van der Waals surface area contributed by atoms with Gasteiger partial charge in [0, 0.05) is 6.07 Å². The summed E-state index contributed by atoms with van der Waals surface area (Å²) in [5.74, 6) is -2.19. The van der Waals surface area contributed by atoms with E-state index in [4.69, 9.17) is 5.11 Å². The zero-order chi connectivity index (χ0) is 14.8. The average Bonchev–Trinajstić information content (AvgIpc) is 2.72. The number of carboxylic acid groups (broad SMARTS) is 1. The lowest BCUT2D eigenvalue weighted by Crippen LogP contribution is -2.49. The third-order valence-electron chi connectivity index (χ3n) is 2.50. The molecular weight excluding hydrogens is 254 g/mol. The van der Waals surface area contributed by atoms with Crippen molar-refractivity contribution in [1.29, 1.82) is 0 Å². The highest BCUT2D eigenvalue weighted by Gasteiger charge is 2.33. The molecule has 19 heavy (non-hydrogen) atoms. The number of aromatic amines is 1. The van der Waals surface area contributed by atoms with Crippen molar-refractivity contribution >= 4 is 17.7 Å². The van der Waals surface area contributed by atoms with Gasteiger partial charge in [-0.1, -0.05) is 20.8 Å². The molecule has 0 saturated carbocycles. The maximum atomic E-state index is 11.8. The number of carbonyl (C=O) groups is 2. The molecule has 3 N–H and O–H groups in total. The molecule has 104 valence electrons. The molecule has 0 fully saturated rings. The number of nitrogens with zero attached hydrogens (tertiary/aromatic N) is 1. The van der Waals surface area contributed by atoms with Gasteiger partial charge in [0.05, 0.1) is 0 Å². The summed E-state index contributed by atoms with van der Waals surface area (Å²) in [5, 5.41) is 21.9. The fourth-order valence-electron chi connectivity index (χ4n) is 1.48. The van der Waals surface area contributed by atoms with E-state index in [-0.39, 0.29) is 11.5 Å². The van der Waals surface area contributed by atoms with Gasteiger partial charge in [0.1, 0.15) is 6.04 Å². The Labute approximate surface area is 109 Å². The SMILES string of the molecule is CC(C)(C)C(NC(=O)c1ccc([N+](=O)[O-])[nH]1)C(=O)O. The zero-order valence-corrected chi connectivity index (χ0v) is 10.8. The molecule has 0 aliphatic carbocycles. The second-order valence-corrected chi connectivity index (χ2v) is 5.13. The van der Waals surface area contributed by atoms with E-state index >= 15 is 0 Å². The van der Waals surface area contributed by atoms with Crippen LogP contribution in [0.1, 0.15) is 31.3 Å². The molecule has 0 bridgehead atoms. The number of hydrogen-bond acceptors (Lipinski definition) is 4. The van der Waals surface area contributed by atoms with E-state index < -0.39 is 28.3 Å². The maximum absolute atomic E-state index is 11.8. The Kier molecular flexibility index (Phi) is 3.93. The number of carbonyl (C=O) groups excluding carboxylic acids is 1. The standard InChI is InChI=1S/C11H15N3O5/c1-11(2,3)8(10(16)17)13-9(15)6-4-5-7(12-6)14(18)19/h4-5,8,12H,1-3H3,(H,13,15)(H,16,17). The molecule has 0 spiro atoms. The first kappa shape index (κ1) is 14.7. The van der Waals surface area contributed by atoms with Gasteiger partial charge in [-0.15, -0.1) is 0 Å². The fourth-order valence-corrected chi connectivity index (χ4v) is 1.48. The van der Waals surface area contributed by atoms with Gasteiger partial charge >= 0.3 is 11.8 Å². The van der Waals surface area contributed by atoms with Crippen LogP contribution in [-0.2, 0) is 4.79 Å². The van der Waals surface area contributed by atoms with Gasteiger partial charge in [0.25, 0.3) is 5.91 Å². The predicted molar refractivity (Wildman–Crippen MR) is 65.8 cm³/mol. The molecule has 1 aromatic rings. The van der Waals surface area contributed by atoms with Crippen LogP contribution in [0.4, 0.5) is 5.82 Å². The minimum absolute atomic E-state index is 0.0535. The number of carboxylic acids is 1. The number of nitrogens with one attached hydrogen (secondary N) is 2. The molecule has 1 amide bonds. The quantitative estimate of drug-likeness (QED) is 0.558. The van der Waals surface area contributed by atoms with Crippen LogP contribution in [0.3, 0.4) is 0 Å². The van der Waals surface area contributed by atoms with E-state index in [0.717, 1.165) is 6.07 Å². The van der Waals surface area contributed by atoms with Crippen LogP contribution in [-0.4, -0.2) is 32.9 Å². The summed E-state index contributed by atoms with van der Waals surface area (Å²) in [5.41, 5.74) is -0.734. The molecule has 1 unspecified atom stereocenters. The first-order valence-electron chi connectivity index (χ1n) is 5.50. The Bertz CT molecular complexity index is 515. The summed E-state index contributed by atoms with van der Waals surface area (Å²) < 4.78 is 0. The summed E-state index contributed by atoms with van der Waals surface area (Å²) in [7, 11) is 0. The molecule has 8 nitrogen and oxygen atoms in total. The normalized spacial score (nSPS) is 12.8. The number of aliphatic carboxylic acids is 1. The van der Waals surface area contributed by atoms with Crippen LogP contribution < -0.4 is 5.32 Å². The number of rotatable bonds is 4. The van der Waals surface area contributed by atoms with E-state index in [1.165, 1.54) is 6.07 Å². The molecule has 1 aromatic heterocycles. The third-order valence-corrected chi connectivity index (χ3v) is 2.50. The Morgan fingerprint density at radius 2 is 2.00 bits per heavy atom. The monoisotopic (exact) mass is 269 g/mol. The minimum atomic E-state index is -1.16. The smallest absolute Gasteiger partial charge is 0.326 e. The molecule has 0 saturated heterocycles. The van der Waals surface area contributed by atoms with E-state index in [1.54, 1.807) is 20.8 Å². The summed E-state index contributed by atoms with van der Waals surface area (Å²) in [6.45, 7) is 5.01. The second-order valence-electron chi connectivity index (χ2n) is 5.13. The largest absolute Gasteiger partial charge is 0.480 e. The van der Waals surface area contributed by atoms with Crippen molar-refractivity contribution in [2.45, 2.75) is 26.8 Å². The molecule has 1 rings (SSSR count). The van der Waals surface area contributed by atoms with Crippen molar-refractivity contribution in [1.82, 2.24) is 10.3 Å². The van der Waals surface area contributed by atoms with Crippen molar-refractivity contribution in [3.8, 4) is 0 Å². The summed E-state index contributed by atoms with van der Waals surface area (Å²) in [6.07, 6.45) is 0. The van der Waals surface area contributed by atoms with Crippen LogP contribution in [0.5, 0.6) is 0 Å². The van der Waals surface area contributed by atoms with E-state index in [1.807, 2.05) is 0 Å². The zero-order valence-electron chi connectivity index (χ0n) is 10.8. The minimum Gasteiger partial charge on any atom is -0.480 e. The van der Waals surface area contributed by atoms with Gasteiger partial charge in [-0.25, -0.2) is 9.78 Å². The Hall–Kier alpha value is -2.38. The average molecular weight is 269 g/mol. The second kappa shape index (κ2) is 5.09. The summed E-state index contributed by atoms with van der Waals surface area (Å²) in [4.78, 5) is 35.0. The van der Waals surface area contributed by atoms with Crippen LogP contribution in [0.25, 0.3) is 0 Å². The molecule has 0 aliphatic rings. The molecule has 0 radical (unpaired) electrons. The van der Waals surface area contributed by atoms with Crippen LogP contribution >= 0.6 is 0 Å². The molecule has 1 heterocycles. The molecule has 0 aliphatic heterocycles. The van der Waals surface area contributed by atoms with E-state index in [2.05, 4.69) is 10.3 Å². The van der Waals surface area contributed by atoms with E-state index in [0.29, 0.717) is 0 Å². The molecular formula is C11H15N3O5. The van der Waals surface area contributed by atoms with Crippen LogP contribution in [0.15, 0.2) is 12.1 Å². The third kappa shape index (κ3) is 3.54. The number of nitro groups is 1. The lowest BCUT2D eigenvalue weighted by Gasteiger charge is -2.27. The van der Waals surface area contributed by atoms with E-state index in [9.17, 15) is 19.7 Å². The summed E-state index contributed by atoms with van der Waals surface area (Å²) >= 11 is 0. The van der Waals surface area contributed by atoms with Gasteiger partial charge in [0.2, 0.25) is 0 Å².